The molecule has 0 radical (unpaired) electrons. The molecule has 0 atom stereocenters. The van der Waals surface area contributed by atoms with Crippen LogP contribution in [0.3, 0.4) is 0 Å². The van der Waals surface area contributed by atoms with Gasteiger partial charge in [-0.25, -0.2) is 23.4 Å². The van der Waals surface area contributed by atoms with Gasteiger partial charge in [0.05, 0.1) is 54.3 Å². The minimum atomic E-state index is -0.593. The molecule has 0 amide bonds. The number of nitrogens with zero attached hydrogens (tertiary/aromatic N) is 8. The van der Waals surface area contributed by atoms with E-state index < -0.39 is 17.7 Å². The van der Waals surface area contributed by atoms with Crippen molar-refractivity contribution < 1.29 is 81.0 Å². The molecule has 0 aliphatic rings. The van der Waals surface area contributed by atoms with Crippen LogP contribution in [-0.4, -0.2) is 65.9 Å². The molecule has 6 aromatic rings. The number of ether oxygens (including phenoxy) is 2. The number of thiocarbonyl (C=S) groups is 1. The van der Waals surface area contributed by atoms with Gasteiger partial charge in [0.1, 0.15) is 17.3 Å². The number of aromatic nitrogens is 1. The maximum Gasteiger partial charge on any atom is 1.00 e. The van der Waals surface area contributed by atoms with E-state index in [2.05, 4.69) is 68.1 Å². The van der Waals surface area contributed by atoms with Crippen molar-refractivity contribution in [1.82, 2.24) is 4.98 Å². The quantitative estimate of drug-likeness (QED) is 0.0147. The van der Waals surface area contributed by atoms with Gasteiger partial charge in [-0.05, 0) is 66.6 Å². The number of hydrogen-bond donors (Lipinski definition) is 1. The second-order valence-corrected chi connectivity index (χ2v) is 12.5. The minimum absolute atomic E-state index is 0. The maximum absolute atomic E-state index is 13.5. The Morgan fingerprint density at radius 2 is 1.22 bits per heavy atom. The predicted octanol–water partition coefficient (Wildman–Crippen LogP) is 8.40. The van der Waals surface area contributed by atoms with E-state index in [0.29, 0.717) is 22.6 Å². The van der Waals surface area contributed by atoms with Gasteiger partial charge in [0.15, 0.2) is 17.3 Å². The third kappa shape index (κ3) is 21.4. The largest absolute Gasteiger partial charge is 1.00 e. The van der Waals surface area contributed by atoms with Gasteiger partial charge in [-0.15, -0.1) is 0 Å². The molecule has 1 heterocycles. The first kappa shape index (κ1) is 59.5. The summed E-state index contributed by atoms with van der Waals surface area (Å²) in [4.78, 5) is 73.4. The van der Waals surface area contributed by atoms with Crippen molar-refractivity contribution in [2.24, 2.45) is 10.1 Å². The standard InChI is InChI=1S/C16H13FN2O.C10H9BrO3.C10H9N3O3.C7H4FNS.CO2.N3.Na/c1-11-6-2-3-7-12(11)15-10-18-16(20-15)19-14-9-5-4-8-13(14)17;1-14-10(13)8-5-3-2-4-7(8)9(12)6-11;1-16-10(15)8-5-3-2-4-7(8)9(14)6-12-13-11;8-6-3-1-2-4-7(6)9-5-10;2-1-3;1-3-2;/h2-10H,1H3,(H,18,19);2-5H,6H2,1H3;2-5H,6H2,1H3;1-4H;;;/q;;;;;-1;+1. The molecule has 1 N–H and O–H groups in total. The topological polar surface area (TPSA) is 279 Å². The number of ketones is 2. The van der Waals surface area contributed by atoms with E-state index in [1.807, 2.05) is 31.2 Å². The number of nitrogens with one attached hydrogen (secondary N) is 1. The SMILES string of the molecule is COC(=O)c1ccccc1C(=O)CBr.COC(=O)c1ccccc1C(=O)CN=[N+]=[N-].Cc1ccccc1-c1cnc(Nc2ccccc2F)o1.Fc1ccccc1N=C=S.O=C=O.[N-]=[N+]=[N-].[Na+]. The average Bonchev–Trinajstić information content (AvgIpc) is 3.81. The Hall–Kier alpha value is -7.47. The number of anilines is 2. The van der Waals surface area contributed by atoms with Gasteiger partial charge in [0.2, 0.25) is 0 Å². The summed E-state index contributed by atoms with van der Waals surface area (Å²) in [5.74, 6) is -1.70. The zero-order chi connectivity index (χ0) is 49.3. The van der Waals surface area contributed by atoms with E-state index in [4.69, 9.17) is 30.6 Å². The van der Waals surface area contributed by atoms with Gasteiger partial charge in [0.25, 0.3) is 6.01 Å². The van der Waals surface area contributed by atoms with E-state index in [1.165, 1.54) is 49.5 Å². The molecule has 6 rings (SSSR count). The van der Waals surface area contributed by atoms with Gasteiger partial charge in [0, 0.05) is 21.6 Å². The Labute approximate surface area is 416 Å². The van der Waals surface area contributed by atoms with Crippen LogP contribution in [0.5, 0.6) is 0 Å². The number of azide groups is 1. The fourth-order valence-electron chi connectivity index (χ4n) is 4.86. The minimum Gasteiger partial charge on any atom is -0.465 e. The first-order chi connectivity index (χ1) is 31.8. The predicted molar refractivity (Wildman–Crippen MR) is 245 cm³/mol. The Balaban J connectivity index is 0.000000847. The summed E-state index contributed by atoms with van der Waals surface area (Å²) in [6.07, 6.45) is 1.88. The summed E-state index contributed by atoms with van der Waals surface area (Å²) in [5, 5.41) is 8.27. The molecule has 67 heavy (non-hydrogen) atoms. The van der Waals surface area contributed by atoms with Crippen molar-refractivity contribution in [3.05, 3.63) is 193 Å². The molecule has 0 saturated carbocycles. The molecule has 5 aromatic carbocycles. The van der Waals surface area contributed by atoms with E-state index in [-0.39, 0.29) is 87.8 Å². The molecular weight excluding hydrogens is 971 g/mol. The van der Waals surface area contributed by atoms with Gasteiger partial charge >= 0.3 is 47.6 Å². The summed E-state index contributed by atoms with van der Waals surface area (Å²) in [6, 6.07) is 33.5. The van der Waals surface area contributed by atoms with E-state index in [0.717, 1.165) is 11.1 Å². The number of halogens is 3. The van der Waals surface area contributed by atoms with Gasteiger partial charge in [-0.3, -0.25) is 14.5 Å². The number of oxazole rings is 1. The summed E-state index contributed by atoms with van der Waals surface area (Å²) in [6.45, 7) is 1.69. The Kier molecular flexibility index (Phi) is 31.0. The van der Waals surface area contributed by atoms with Crippen LogP contribution in [-0.2, 0) is 19.1 Å². The second-order valence-electron chi connectivity index (χ2n) is 11.7. The van der Waals surface area contributed by atoms with Crippen LogP contribution in [0.25, 0.3) is 37.7 Å². The number of benzene rings is 5. The van der Waals surface area contributed by atoms with Gasteiger partial charge in [-0.1, -0.05) is 106 Å². The molecule has 0 aliphatic carbocycles. The molecule has 0 bridgehead atoms. The first-order valence-electron chi connectivity index (χ1n) is 18.1. The number of isothiocyanates is 1. The number of carbonyl (C=O) groups excluding carboxylic acids is 6. The number of aryl methyl sites for hydroxylation is 1. The van der Waals surface area contributed by atoms with Crippen LogP contribution < -0.4 is 34.9 Å². The van der Waals surface area contributed by atoms with Gasteiger partial charge in [-0.2, -0.15) is 14.6 Å². The van der Waals surface area contributed by atoms with E-state index in [9.17, 15) is 28.0 Å². The van der Waals surface area contributed by atoms with Crippen LogP contribution in [0.4, 0.5) is 26.2 Å². The number of hydrogen-bond acceptors (Lipinski definition) is 14. The van der Waals surface area contributed by atoms with Crippen LogP contribution in [0.1, 0.15) is 47.0 Å². The van der Waals surface area contributed by atoms with Crippen molar-refractivity contribution in [3.63, 3.8) is 0 Å². The molecule has 1 aromatic heterocycles. The number of alkyl halides is 1. The Morgan fingerprint density at radius 1 is 0.761 bits per heavy atom. The van der Waals surface area contributed by atoms with Crippen LogP contribution >= 0.6 is 28.1 Å². The van der Waals surface area contributed by atoms with E-state index in [1.54, 1.807) is 72.9 Å². The zero-order valence-corrected chi connectivity index (χ0v) is 40.2. The number of para-hydroxylation sites is 2. The first-order valence-corrected chi connectivity index (χ1v) is 19.7. The van der Waals surface area contributed by atoms with E-state index >= 15 is 0 Å². The third-order valence-corrected chi connectivity index (χ3v) is 8.32. The smallest absolute Gasteiger partial charge is 0.465 e. The molecule has 0 aliphatic heterocycles. The molecule has 23 heteroatoms. The number of rotatable bonds is 11. The van der Waals surface area contributed by atoms with Crippen molar-refractivity contribution in [3.8, 4) is 11.3 Å². The number of methoxy groups -OCH3 is 2. The fraction of sp³-hybridized carbons (Fsp3) is 0.114. The van der Waals surface area contributed by atoms with Crippen LogP contribution in [0.15, 0.2) is 142 Å². The number of aliphatic imine (C=N–C) groups is 1. The molecule has 338 valence electrons. The van der Waals surface area contributed by atoms with Crippen molar-refractivity contribution in [2.45, 2.75) is 6.92 Å². The number of esters is 2. The Bertz CT molecular complexity index is 2690. The number of Topliss-reactive ketones (excluding diaryl/α,β-unsaturated/α-hetero) is 2. The summed E-state index contributed by atoms with van der Waals surface area (Å²) < 4.78 is 40.9. The van der Waals surface area contributed by atoms with Crippen molar-refractivity contribution >= 4 is 80.4 Å². The number of carbonyl (C=O) groups is 4. The summed E-state index contributed by atoms with van der Waals surface area (Å²) in [5.41, 5.74) is 25.3. The maximum atomic E-state index is 13.5. The molecule has 0 saturated heterocycles. The average molecular weight is 1010 g/mol. The fourth-order valence-corrected chi connectivity index (χ4v) is 5.26. The third-order valence-electron chi connectivity index (χ3n) is 7.71. The summed E-state index contributed by atoms with van der Waals surface area (Å²) in [7, 11) is 2.52. The van der Waals surface area contributed by atoms with Gasteiger partial charge < -0.3 is 30.3 Å². The second kappa shape index (κ2) is 34.9. The molecule has 18 nitrogen and oxygen atoms in total. The molecular formula is C44H35BrF2N9NaO9S. The van der Waals surface area contributed by atoms with Crippen molar-refractivity contribution in [2.75, 3.05) is 31.4 Å². The molecule has 0 unspecified atom stereocenters. The Morgan fingerprint density at radius 3 is 1.70 bits per heavy atom. The van der Waals surface area contributed by atoms with Crippen LogP contribution in [0.2, 0.25) is 0 Å². The summed E-state index contributed by atoms with van der Waals surface area (Å²) >= 11 is 7.37. The monoisotopic (exact) mass is 1010 g/mol. The normalized spacial score (nSPS) is 8.81. The zero-order valence-electron chi connectivity index (χ0n) is 35.8. The van der Waals surface area contributed by atoms with Crippen LogP contribution in [0, 0.1) is 18.6 Å². The van der Waals surface area contributed by atoms with Crippen molar-refractivity contribution in [1.29, 1.82) is 0 Å². The molecule has 0 fully saturated rings. The molecule has 0 spiro atoms.